The molecule has 0 saturated heterocycles. The second-order valence-electron chi connectivity index (χ2n) is 3.66. The van der Waals surface area contributed by atoms with E-state index in [0.717, 1.165) is 19.3 Å². The Morgan fingerprint density at radius 3 is 2.80 bits per heavy atom. The van der Waals surface area contributed by atoms with Gasteiger partial charge in [-0.05, 0) is 30.4 Å². The minimum atomic E-state index is -0.394. The number of halogens is 1. The number of hydrogen-bond acceptors (Lipinski definition) is 1. The van der Waals surface area contributed by atoms with Gasteiger partial charge >= 0.3 is 0 Å². The minimum Gasteiger partial charge on any atom is -0.392 e. The number of rotatable bonds is 6. The van der Waals surface area contributed by atoms with Crippen LogP contribution in [0.4, 0.5) is 0 Å². The third kappa shape index (κ3) is 4.50. The molecule has 0 radical (unpaired) electrons. The van der Waals surface area contributed by atoms with Gasteiger partial charge in [0, 0.05) is 5.88 Å². The van der Waals surface area contributed by atoms with E-state index in [9.17, 15) is 5.11 Å². The average Bonchev–Trinajstić information content (AvgIpc) is 2.27. The highest BCUT2D eigenvalue weighted by Gasteiger charge is 2.02. The van der Waals surface area contributed by atoms with Crippen LogP contribution in [0.2, 0.25) is 0 Å². The Bertz CT molecular complexity index is 309. The molecule has 1 N–H and O–H groups in total. The van der Waals surface area contributed by atoms with Gasteiger partial charge in [-0.15, -0.1) is 18.2 Å². The first-order valence-electron chi connectivity index (χ1n) is 5.19. The Morgan fingerprint density at radius 1 is 1.40 bits per heavy atom. The summed E-state index contributed by atoms with van der Waals surface area (Å²) in [7, 11) is 0. The lowest BCUT2D eigenvalue weighted by molar-refractivity contribution is 0.188. The molecule has 1 atom stereocenters. The van der Waals surface area contributed by atoms with Crippen LogP contribution >= 0.6 is 11.6 Å². The lowest BCUT2D eigenvalue weighted by Gasteiger charge is -2.07. The molecule has 0 aliphatic rings. The van der Waals surface area contributed by atoms with Crippen molar-refractivity contribution in [1.82, 2.24) is 0 Å². The lowest BCUT2D eigenvalue weighted by Crippen LogP contribution is -2.09. The Hall–Kier alpha value is -0.790. The molecule has 0 aromatic heterocycles. The van der Waals surface area contributed by atoms with Gasteiger partial charge in [-0.3, -0.25) is 0 Å². The summed E-state index contributed by atoms with van der Waals surface area (Å²) in [5.41, 5.74) is 2.52. The molecule has 0 amide bonds. The van der Waals surface area contributed by atoms with Gasteiger partial charge in [0.05, 0.1) is 6.10 Å². The number of aliphatic hydroxyl groups excluding tert-OH is 1. The molecule has 82 valence electrons. The van der Waals surface area contributed by atoms with Gasteiger partial charge in [-0.1, -0.05) is 30.3 Å². The van der Waals surface area contributed by atoms with Crippen molar-refractivity contribution in [2.24, 2.45) is 0 Å². The van der Waals surface area contributed by atoms with Crippen LogP contribution < -0.4 is 0 Å². The van der Waals surface area contributed by atoms with Crippen molar-refractivity contribution in [3.63, 3.8) is 0 Å². The van der Waals surface area contributed by atoms with Crippen LogP contribution in [-0.2, 0) is 12.8 Å². The maximum Gasteiger partial charge on any atom is 0.0678 e. The first kappa shape index (κ1) is 12.3. The van der Waals surface area contributed by atoms with Crippen LogP contribution in [0.5, 0.6) is 0 Å². The highest BCUT2D eigenvalue weighted by atomic mass is 35.5. The van der Waals surface area contributed by atoms with Crippen molar-refractivity contribution in [2.45, 2.75) is 25.4 Å². The van der Waals surface area contributed by atoms with E-state index in [1.54, 1.807) is 0 Å². The van der Waals surface area contributed by atoms with Crippen LogP contribution in [0.15, 0.2) is 36.9 Å². The molecule has 0 saturated carbocycles. The van der Waals surface area contributed by atoms with E-state index in [0.29, 0.717) is 5.88 Å². The highest BCUT2D eigenvalue weighted by Crippen LogP contribution is 2.10. The molecular formula is C13H17ClO. The zero-order chi connectivity index (χ0) is 11.1. The molecule has 1 aromatic rings. The van der Waals surface area contributed by atoms with E-state index in [1.165, 1.54) is 11.1 Å². The van der Waals surface area contributed by atoms with Gasteiger partial charge < -0.3 is 5.11 Å². The number of allylic oxidation sites excluding steroid dienone is 1. The Kier molecular flexibility index (Phi) is 5.44. The maximum absolute atomic E-state index is 9.34. The molecule has 0 spiro atoms. The predicted octanol–water partition coefficient (Wildman–Crippen LogP) is 2.95. The molecule has 15 heavy (non-hydrogen) atoms. The van der Waals surface area contributed by atoms with E-state index >= 15 is 0 Å². The molecule has 0 aliphatic carbocycles. The second kappa shape index (κ2) is 6.65. The fraction of sp³-hybridized carbons (Fsp3) is 0.385. The molecular weight excluding hydrogens is 208 g/mol. The molecule has 0 unspecified atom stereocenters. The zero-order valence-electron chi connectivity index (χ0n) is 8.82. The first-order valence-corrected chi connectivity index (χ1v) is 5.72. The fourth-order valence-corrected chi connectivity index (χ4v) is 1.64. The quantitative estimate of drug-likeness (QED) is 0.582. The van der Waals surface area contributed by atoms with Gasteiger partial charge in [-0.2, -0.15) is 0 Å². The molecule has 1 aromatic carbocycles. The summed E-state index contributed by atoms with van der Waals surface area (Å²) in [5.74, 6) is 0.312. The van der Waals surface area contributed by atoms with E-state index in [4.69, 9.17) is 11.6 Å². The number of aryl methyl sites for hydroxylation is 1. The lowest BCUT2D eigenvalue weighted by atomic mass is 10.0. The van der Waals surface area contributed by atoms with E-state index in [2.05, 4.69) is 24.8 Å². The SMILES string of the molecule is C=CCc1cccc(CC[C@H](O)CCl)c1. The van der Waals surface area contributed by atoms with Crippen LogP contribution in [0.3, 0.4) is 0 Å². The van der Waals surface area contributed by atoms with E-state index in [1.807, 2.05) is 12.1 Å². The summed E-state index contributed by atoms with van der Waals surface area (Å²) in [5, 5.41) is 9.34. The molecule has 0 fully saturated rings. The number of alkyl halides is 1. The summed E-state index contributed by atoms with van der Waals surface area (Å²) in [4.78, 5) is 0. The Balaban J connectivity index is 2.53. The minimum absolute atomic E-state index is 0.312. The third-order valence-electron chi connectivity index (χ3n) is 2.32. The number of benzene rings is 1. The summed E-state index contributed by atoms with van der Waals surface area (Å²) in [6, 6.07) is 8.36. The third-order valence-corrected chi connectivity index (χ3v) is 2.67. The van der Waals surface area contributed by atoms with Crippen molar-refractivity contribution in [2.75, 3.05) is 5.88 Å². The van der Waals surface area contributed by atoms with Crippen molar-refractivity contribution in [3.05, 3.63) is 48.0 Å². The van der Waals surface area contributed by atoms with Crippen LogP contribution in [0.1, 0.15) is 17.5 Å². The monoisotopic (exact) mass is 224 g/mol. The standard InChI is InChI=1S/C13H17ClO/c1-2-4-11-5-3-6-12(9-11)7-8-13(15)10-14/h2-3,5-6,9,13,15H,1,4,7-8,10H2/t13-/m0/s1. The summed E-state index contributed by atoms with van der Waals surface area (Å²) < 4.78 is 0. The maximum atomic E-state index is 9.34. The topological polar surface area (TPSA) is 20.2 Å². The Morgan fingerprint density at radius 2 is 2.13 bits per heavy atom. The van der Waals surface area contributed by atoms with Gasteiger partial charge in [0.1, 0.15) is 0 Å². The summed E-state index contributed by atoms with van der Waals surface area (Å²) in [6.07, 6.45) is 3.99. The van der Waals surface area contributed by atoms with E-state index < -0.39 is 6.10 Å². The normalized spacial score (nSPS) is 12.4. The van der Waals surface area contributed by atoms with Crippen molar-refractivity contribution in [1.29, 1.82) is 0 Å². The zero-order valence-corrected chi connectivity index (χ0v) is 9.58. The first-order chi connectivity index (χ1) is 7.26. The van der Waals surface area contributed by atoms with E-state index in [-0.39, 0.29) is 0 Å². The largest absolute Gasteiger partial charge is 0.392 e. The van der Waals surface area contributed by atoms with Crippen LogP contribution in [-0.4, -0.2) is 17.1 Å². The number of aliphatic hydroxyl groups is 1. The molecule has 0 aliphatic heterocycles. The predicted molar refractivity (Wildman–Crippen MR) is 65.4 cm³/mol. The van der Waals surface area contributed by atoms with Crippen molar-refractivity contribution in [3.8, 4) is 0 Å². The fourth-order valence-electron chi connectivity index (χ4n) is 1.49. The van der Waals surface area contributed by atoms with Gasteiger partial charge in [-0.25, -0.2) is 0 Å². The molecule has 1 rings (SSSR count). The summed E-state index contributed by atoms with van der Waals surface area (Å²) in [6.45, 7) is 3.72. The highest BCUT2D eigenvalue weighted by molar-refractivity contribution is 6.18. The Labute approximate surface area is 96.4 Å². The van der Waals surface area contributed by atoms with Gasteiger partial charge in [0.25, 0.3) is 0 Å². The number of hydrogen-bond donors (Lipinski definition) is 1. The van der Waals surface area contributed by atoms with Crippen molar-refractivity contribution >= 4 is 11.6 Å². The molecule has 0 bridgehead atoms. The molecule has 2 heteroatoms. The van der Waals surface area contributed by atoms with Gasteiger partial charge in [0.2, 0.25) is 0 Å². The van der Waals surface area contributed by atoms with Crippen LogP contribution in [0, 0.1) is 0 Å². The molecule has 1 nitrogen and oxygen atoms in total. The summed E-state index contributed by atoms with van der Waals surface area (Å²) >= 11 is 5.54. The second-order valence-corrected chi connectivity index (χ2v) is 3.97. The van der Waals surface area contributed by atoms with Crippen molar-refractivity contribution < 1.29 is 5.11 Å². The smallest absolute Gasteiger partial charge is 0.0678 e. The molecule has 0 heterocycles. The van der Waals surface area contributed by atoms with Gasteiger partial charge in [0.15, 0.2) is 0 Å². The average molecular weight is 225 g/mol. The van der Waals surface area contributed by atoms with Crippen LogP contribution in [0.25, 0.3) is 0 Å².